The maximum absolute atomic E-state index is 10.2. The molecule has 6 heteroatoms. The van der Waals surface area contributed by atoms with Crippen LogP contribution < -0.4 is 0 Å². The number of hydrogen-bond acceptors (Lipinski definition) is 4. The van der Waals surface area contributed by atoms with Gasteiger partial charge in [-0.25, -0.2) is 9.97 Å². The van der Waals surface area contributed by atoms with Crippen LogP contribution in [0.4, 0.5) is 0 Å². The van der Waals surface area contributed by atoms with E-state index >= 15 is 0 Å². The molecule has 158 valence electrons. The molecule has 0 aliphatic heterocycles. The molecule has 0 radical (unpaired) electrons. The minimum atomic E-state index is 0. The van der Waals surface area contributed by atoms with Crippen molar-refractivity contribution in [2.45, 2.75) is 9.92 Å². The first kappa shape index (κ1) is 20.7. The second kappa shape index (κ2) is 8.42. The summed E-state index contributed by atoms with van der Waals surface area (Å²) in [6.45, 7) is 0. The normalized spacial score (nSPS) is 11.1. The number of nitrogens with zero attached hydrogens (tertiary/aromatic N) is 3. The topological polar surface area (TPSA) is 50.9 Å². The van der Waals surface area contributed by atoms with E-state index in [0.29, 0.717) is 5.52 Å². The summed E-state index contributed by atoms with van der Waals surface area (Å²) in [5.41, 5.74) is 2.69. The summed E-state index contributed by atoms with van der Waals surface area (Å²) in [4.78, 5) is 10.2. The van der Waals surface area contributed by atoms with E-state index in [-0.39, 0.29) is 26.8 Å². The number of rotatable bonds is 3. The molecule has 3 heterocycles. The molecule has 4 nitrogen and oxygen atoms in total. The fraction of sp³-hybridized carbons (Fsp3) is 0. The first-order valence-corrected chi connectivity index (χ1v) is 10.7. The van der Waals surface area contributed by atoms with Gasteiger partial charge in [0.15, 0.2) is 0 Å². The Kier molecular flexibility index (Phi) is 5.46. The number of benzene rings is 3. The molecule has 3 aromatic carbocycles. The van der Waals surface area contributed by atoms with Gasteiger partial charge in [-0.1, -0.05) is 58.6 Å². The molecular weight excluding hydrogens is 597 g/mol. The number of pyridine rings is 2. The summed E-state index contributed by atoms with van der Waals surface area (Å²) in [6.07, 6.45) is 1.81. The Labute approximate surface area is 203 Å². The molecule has 0 atom stereocenters. The fourth-order valence-electron chi connectivity index (χ4n) is 3.94. The summed E-state index contributed by atoms with van der Waals surface area (Å²) in [6, 6.07) is 31.4. The molecule has 6 rings (SSSR count). The van der Waals surface area contributed by atoms with Crippen molar-refractivity contribution in [2.24, 2.45) is 0 Å². The minimum Gasteiger partial charge on any atom is -0.506 e. The summed E-state index contributed by atoms with van der Waals surface area (Å²) >= 11 is 1.53. The molecular formula is C26H16N3OPtS-. The van der Waals surface area contributed by atoms with E-state index in [1.807, 2.05) is 48.5 Å². The predicted octanol–water partition coefficient (Wildman–Crippen LogP) is 6.38. The Bertz CT molecular complexity index is 1580. The molecule has 0 spiro atoms. The van der Waals surface area contributed by atoms with Crippen molar-refractivity contribution in [1.82, 2.24) is 14.5 Å². The van der Waals surface area contributed by atoms with Crippen molar-refractivity contribution >= 4 is 44.5 Å². The largest absolute Gasteiger partial charge is 0.506 e. The van der Waals surface area contributed by atoms with Gasteiger partial charge in [-0.3, -0.25) is 0 Å². The average molecular weight is 614 g/mol. The standard InChI is InChI=1S/C26H16N3OS.Pt/c30-23-9-5-6-17-11-14-25(28-26(17)23)31-18-12-13-20-19-7-1-2-8-21(19)29(22(20)16-18)24-10-3-4-15-27-24;/h1-15,30H;/q-1;. The predicted molar refractivity (Wildman–Crippen MR) is 125 cm³/mol. The summed E-state index contributed by atoms with van der Waals surface area (Å²) in [5, 5.41) is 14.2. The van der Waals surface area contributed by atoms with Crippen molar-refractivity contribution in [3.8, 4) is 11.6 Å². The molecule has 0 fully saturated rings. The van der Waals surface area contributed by atoms with Gasteiger partial charge in [-0.15, -0.1) is 11.5 Å². The molecule has 0 aliphatic rings. The van der Waals surface area contributed by atoms with Gasteiger partial charge in [-0.05, 0) is 41.8 Å². The Hall–Kier alpha value is -3.14. The monoisotopic (exact) mass is 613 g/mol. The van der Waals surface area contributed by atoms with Crippen LogP contribution in [-0.4, -0.2) is 19.6 Å². The molecule has 6 aromatic rings. The minimum absolute atomic E-state index is 0. The number of hydrogen-bond donors (Lipinski definition) is 1. The Morgan fingerprint density at radius 1 is 0.812 bits per heavy atom. The summed E-state index contributed by atoms with van der Waals surface area (Å²) in [7, 11) is 0. The fourth-order valence-corrected chi connectivity index (χ4v) is 4.72. The van der Waals surface area contributed by atoms with Gasteiger partial charge < -0.3 is 9.67 Å². The Balaban J connectivity index is 0.00000216. The van der Waals surface area contributed by atoms with Crippen molar-refractivity contribution in [3.05, 3.63) is 97.2 Å². The Morgan fingerprint density at radius 2 is 1.69 bits per heavy atom. The molecule has 3 aromatic heterocycles. The molecule has 0 unspecified atom stereocenters. The Morgan fingerprint density at radius 3 is 2.56 bits per heavy atom. The third-order valence-electron chi connectivity index (χ3n) is 5.32. The third-order valence-corrected chi connectivity index (χ3v) is 6.22. The molecule has 0 bridgehead atoms. The smallest absolute Gasteiger partial charge is 0.141 e. The van der Waals surface area contributed by atoms with Crippen molar-refractivity contribution < 1.29 is 26.2 Å². The molecule has 0 saturated heterocycles. The zero-order chi connectivity index (χ0) is 20.8. The van der Waals surface area contributed by atoms with Gasteiger partial charge in [0.25, 0.3) is 0 Å². The number of phenols is 1. The van der Waals surface area contributed by atoms with E-state index in [1.54, 1.807) is 12.3 Å². The number of aromatic hydroxyl groups is 1. The van der Waals surface area contributed by atoms with Crippen molar-refractivity contribution in [3.63, 3.8) is 0 Å². The van der Waals surface area contributed by atoms with Crippen LogP contribution in [0, 0.1) is 6.07 Å². The maximum atomic E-state index is 10.2. The zero-order valence-corrected chi connectivity index (χ0v) is 19.8. The van der Waals surface area contributed by atoms with Crippen LogP contribution in [0.1, 0.15) is 0 Å². The van der Waals surface area contributed by atoms with Gasteiger partial charge >= 0.3 is 0 Å². The SMILES string of the molecule is Oc1cccc2ccc(Sc3[c-]c4c(cc3)c3ccccc3n4-c3ccccn3)nc12.[Pt]. The summed E-state index contributed by atoms with van der Waals surface area (Å²) in [5.74, 6) is 1.05. The van der Waals surface area contributed by atoms with Crippen molar-refractivity contribution in [1.29, 1.82) is 0 Å². The third kappa shape index (κ3) is 3.48. The first-order chi connectivity index (χ1) is 15.3. The number of aromatic nitrogens is 3. The van der Waals surface area contributed by atoms with Crippen LogP contribution in [-0.2, 0) is 21.1 Å². The van der Waals surface area contributed by atoms with Crippen LogP contribution in [0.2, 0.25) is 0 Å². The van der Waals surface area contributed by atoms with E-state index in [2.05, 4.69) is 50.9 Å². The van der Waals surface area contributed by atoms with Crippen LogP contribution in [0.3, 0.4) is 0 Å². The molecule has 0 aliphatic carbocycles. The van der Waals surface area contributed by atoms with Crippen molar-refractivity contribution in [2.75, 3.05) is 0 Å². The number of fused-ring (bicyclic) bond motifs is 4. The maximum Gasteiger partial charge on any atom is 0.141 e. The molecule has 0 amide bonds. The average Bonchev–Trinajstić information content (AvgIpc) is 3.14. The number of phenolic OH excluding ortho intramolecular Hbond substituents is 1. The van der Waals surface area contributed by atoms with E-state index in [4.69, 9.17) is 0 Å². The van der Waals surface area contributed by atoms with Crippen LogP contribution >= 0.6 is 11.8 Å². The quantitative estimate of drug-likeness (QED) is 0.236. The van der Waals surface area contributed by atoms with Gasteiger partial charge in [0.2, 0.25) is 0 Å². The summed E-state index contributed by atoms with van der Waals surface area (Å²) < 4.78 is 2.15. The van der Waals surface area contributed by atoms with E-state index in [1.165, 1.54) is 17.1 Å². The molecule has 1 N–H and O–H groups in total. The van der Waals surface area contributed by atoms with Crippen LogP contribution in [0.15, 0.2) is 101 Å². The van der Waals surface area contributed by atoms with Crippen LogP contribution in [0.25, 0.3) is 38.5 Å². The van der Waals surface area contributed by atoms with Gasteiger partial charge in [0, 0.05) is 38.2 Å². The van der Waals surface area contributed by atoms with Gasteiger partial charge in [-0.2, -0.15) is 12.1 Å². The van der Waals surface area contributed by atoms with Crippen LogP contribution in [0.5, 0.6) is 5.75 Å². The first-order valence-electron chi connectivity index (χ1n) is 9.91. The molecule has 0 saturated carbocycles. The van der Waals surface area contributed by atoms with E-state index in [9.17, 15) is 5.11 Å². The second-order valence-electron chi connectivity index (χ2n) is 7.23. The molecule has 32 heavy (non-hydrogen) atoms. The number of para-hydroxylation sites is 2. The van der Waals surface area contributed by atoms with E-state index in [0.717, 1.165) is 37.5 Å². The van der Waals surface area contributed by atoms with E-state index < -0.39 is 0 Å². The zero-order valence-electron chi connectivity index (χ0n) is 16.7. The van der Waals surface area contributed by atoms with Gasteiger partial charge in [0.05, 0.1) is 5.03 Å². The second-order valence-corrected chi connectivity index (χ2v) is 8.29. The van der Waals surface area contributed by atoms with Gasteiger partial charge in [0.1, 0.15) is 17.1 Å².